The smallest absolute Gasteiger partial charge is 0.124 e. The van der Waals surface area contributed by atoms with Gasteiger partial charge >= 0.3 is 0 Å². The lowest BCUT2D eigenvalue weighted by Crippen LogP contribution is -2.56. The molecule has 21 heavy (non-hydrogen) atoms. The Balaban J connectivity index is 2.12. The van der Waals surface area contributed by atoms with Crippen molar-refractivity contribution >= 4 is 0 Å². The first kappa shape index (κ1) is 14.4. The first-order valence-electron chi connectivity index (χ1n) is 7.87. The Morgan fingerprint density at radius 3 is 2.57 bits per heavy atom. The molecule has 1 fully saturated rings. The molecule has 0 amide bonds. The number of benzene rings is 1. The maximum absolute atomic E-state index is 11.5. The zero-order chi connectivity index (χ0) is 15.1. The molecule has 0 radical (unpaired) electrons. The van der Waals surface area contributed by atoms with Gasteiger partial charge in [-0.25, -0.2) is 0 Å². The van der Waals surface area contributed by atoms with Crippen LogP contribution in [-0.4, -0.2) is 17.3 Å². The van der Waals surface area contributed by atoms with Gasteiger partial charge in [0.2, 0.25) is 0 Å². The topological polar surface area (TPSA) is 53.2 Å². The Kier molecular flexibility index (Phi) is 3.45. The van der Waals surface area contributed by atoms with Crippen molar-refractivity contribution in [1.82, 2.24) is 0 Å². The minimum Gasteiger partial charge on any atom is -0.493 e. The van der Waals surface area contributed by atoms with E-state index in [9.17, 15) is 10.4 Å². The summed E-state index contributed by atoms with van der Waals surface area (Å²) in [4.78, 5) is 0. The molecule has 3 unspecified atom stereocenters. The van der Waals surface area contributed by atoms with Crippen LogP contribution >= 0.6 is 0 Å². The van der Waals surface area contributed by atoms with Crippen molar-refractivity contribution in [2.45, 2.75) is 50.5 Å². The summed E-state index contributed by atoms with van der Waals surface area (Å²) in [6.07, 6.45) is 3.08. The first-order valence-corrected chi connectivity index (χ1v) is 7.87. The minimum atomic E-state index is -0.960. The molecule has 3 rings (SSSR count). The molecule has 1 aromatic carbocycles. The van der Waals surface area contributed by atoms with Gasteiger partial charge in [-0.15, -0.1) is 0 Å². The highest BCUT2D eigenvalue weighted by atomic mass is 16.5. The lowest BCUT2D eigenvalue weighted by atomic mass is 9.57. The summed E-state index contributed by atoms with van der Waals surface area (Å²) < 4.78 is 5.71. The van der Waals surface area contributed by atoms with Crippen LogP contribution in [0.15, 0.2) is 24.3 Å². The molecule has 1 aromatic rings. The fourth-order valence-corrected chi connectivity index (χ4v) is 4.54. The molecule has 0 spiro atoms. The van der Waals surface area contributed by atoms with E-state index in [1.807, 2.05) is 24.3 Å². The van der Waals surface area contributed by atoms with Gasteiger partial charge in [-0.05, 0) is 37.2 Å². The van der Waals surface area contributed by atoms with Crippen molar-refractivity contribution in [3.05, 3.63) is 29.8 Å². The van der Waals surface area contributed by atoms with Gasteiger partial charge in [-0.2, -0.15) is 5.26 Å². The van der Waals surface area contributed by atoms with E-state index < -0.39 is 11.0 Å². The lowest BCUT2D eigenvalue weighted by Gasteiger charge is -2.50. The second-order valence-electron chi connectivity index (χ2n) is 7.00. The van der Waals surface area contributed by atoms with Crippen molar-refractivity contribution in [2.75, 3.05) is 6.61 Å². The molecule has 1 heterocycles. The quantitative estimate of drug-likeness (QED) is 0.860. The van der Waals surface area contributed by atoms with Crippen molar-refractivity contribution in [3.63, 3.8) is 0 Å². The summed E-state index contributed by atoms with van der Waals surface area (Å²) in [7, 11) is 0. The molecule has 2 aliphatic rings. The van der Waals surface area contributed by atoms with E-state index in [-0.39, 0.29) is 0 Å². The maximum Gasteiger partial charge on any atom is 0.124 e. The average Bonchev–Trinajstić information content (AvgIpc) is 2.45. The molecule has 1 saturated carbocycles. The molecule has 3 nitrogen and oxygen atoms in total. The van der Waals surface area contributed by atoms with Crippen LogP contribution < -0.4 is 4.74 Å². The van der Waals surface area contributed by atoms with Gasteiger partial charge in [0, 0.05) is 12.0 Å². The van der Waals surface area contributed by atoms with Crippen molar-refractivity contribution < 1.29 is 9.84 Å². The van der Waals surface area contributed by atoms with E-state index in [2.05, 4.69) is 19.9 Å². The Labute approximate surface area is 126 Å². The van der Waals surface area contributed by atoms with Crippen molar-refractivity contribution in [1.29, 1.82) is 5.26 Å². The zero-order valence-corrected chi connectivity index (χ0v) is 12.8. The molecule has 3 heteroatoms. The number of fused-ring (bicyclic) bond motifs is 1. The molecule has 0 bridgehead atoms. The van der Waals surface area contributed by atoms with Crippen LogP contribution in [0.3, 0.4) is 0 Å². The number of nitrogens with zero attached hydrogens (tertiary/aromatic N) is 1. The van der Waals surface area contributed by atoms with E-state index in [0.717, 1.165) is 17.7 Å². The standard InChI is InChI=1S/C18H23NO2/c1-13-9-14(2)11-18(20,10-13)17(12-19)7-8-21-16-6-4-3-5-15(16)17/h3-6,13-14,20H,7-11H2,1-2H3. The van der Waals surface area contributed by atoms with Crippen LogP contribution in [0.5, 0.6) is 5.75 Å². The van der Waals surface area contributed by atoms with Gasteiger partial charge in [-0.1, -0.05) is 32.0 Å². The number of nitriles is 1. The van der Waals surface area contributed by atoms with Crippen molar-refractivity contribution in [3.8, 4) is 11.8 Å². The highest BCUT2D eigenvalue weighted by molar-refractivity contribution is 5.48. The molecule has 1 N–H and O–H groups in total. The molecular weight excluding hydrogens is 262 g/mol. The van der Waals surface area contributed by atoms with Crippen LogP contribution in [-0.2, 0) is 5.41 Å². The number of hydrogen-bond acceptors (Lipinski definition) is 3. The van der Waals surface area contributed by atoms with Gasteiger partial charge < -0.3 is 9.84 Å². The highest BCUT2D eigenvalue weighted by Gasteiger charge is 2.56. The monoisotopic (exact) mass is 285 g/mol. The molecule has 112 valence electrons. The van der Waals surface area contributed by atoms with Crippen LogP contribution in [0, 0.1) is 23.2 Å². The van der Waals surface area contributed by atoms with Crippen LogP contribution in [0.25, 0.3) is 0 Å². The predicted molar refractivity (Wildman–Crippen MR) is 81.0 cm³/mol. The second-order valence-corrected chi connectivity index (χ2v) is 7.00. The normalized spacial score (nSPS) is 39.0. The predicted octanol–water partition coefficient (Wildman–Crippen LogP) is 3.42. The van der Waals surface area contributed by atoms with Gasteiger partial charge in [0.05, 0.1) is 18.3 Å². The van der Waals surface area contributed by atoms with Crippen molar-refractivity contribution in [2.24, 2.45) is 11.8 Å². The van der Waals surface area contributed by atoms with E-state index in [0.29, 0.717) is 37.7 Å². The van der Waals surface area contributed by atoms with Crippen LogP contribution in [0.2, 0.25) is 0 Å². The molecule has 3 atom stereocenters. The first-order chi connectivity index (χ1) is 10.0. The van der Waals surface area contributed by atoms with Gasteiger partial charge in [0.25, 0.3) is 0 Å². The van der Waals surface area contributed by atoms with Gasteiger partial charge in [0.15, 0.2) is 0 Å². The summed E-state index contributed by atoms with van der Waals surface area (Å²) in [5, 5.41) is 21.5. The Morgan fingerprint density at radius 1 is 1.24 bits per heavy atom. The number of ether oxygens (including phenoxy) is 1. The number of aliphatic hydroxyl groups is 1. The summed E-state index contributed by atoms with van der Waals surface area (Å²) in [5.41, 5.74) is -0.939. The summed E-state index contributed by atoms with van der Waals surface area (Å²) >= 11 is 0. The molecule has 0 saturated heterocycles. The lowest BCUT2D eigenvalue weighted by molar-refractivity contribution is -0.0860. The zero-order valence-electron chi connectivity index (χ0n) is 12.8. The summed E-state index contributed by atoms with van der Waals surface area (Å²) in [6, 6.07) is 10.2. The van der Waals surface area contributed by atoms with Crippen LogP contribution in [0.1, 0.15) is 45.1 Å². The number of para-hydroxylation sites is 1. The largest absolute Gasteiger partial charge is 0.493 e. The van der Waals surface area contributed by atoms with Gasteiger partial charge in [-0.3, -0.25) is 0 Å². The molecule has 0 aromatic heterocycles. The fourth-order valence-electron chi connectivity index (χ4n) is 4.54. The average molecular weight is 285 g/mol. The third kappa shape index (κ3) is 2.13. The summed E-state index contributed by atoms with van der Waals surface area (Å²) in [6.45, 7) is 4.85. The molecular formula is C18H23NO2. The number of rotatable bonds is 1. The van der Waals surface area contributed by atoms with Crippen LogP contribution in [0.4, 0.5) is 0 Å². The third-order valence-electron chi connectivity index (χ3n) is 5.24. The highest BCUT2D eigenvalue weighted by Crippen LogP contribution is 2.52. The Morgan fingerprint density at radius 2 is 1.90 bits per heavy atom. The Hall–Kier alpha value is -1.53. The molecule has 1 aliphatic heterocycles. The van der Waals surface area contributed by atoms with E-state index in [1.165, 1.54) is 0 Å². The van der Waals surface area contributed by atoms with E-state index in [4.69, 9.17) is 4.74 Å². The summed E-state index contributed by atoms with van der Waals surface area (Å²) in [5.74, 6) is 1.64. The number of hydrogen-bond donors (Lipinski definition) is 1. The SMILES string of the molecule is CC1CC(C)CC(O)(C2(C#N)CCOc3ccccc32)C1. The van der Waals surface area contributed by atoms with E-state index >= 15 is 0 Å². The fraction of sp³-hybridized carbons (Fsp3) is 0.611. The molecule has 1 aliphatic carbocycles. The minimum absolute atomic E-state index is 0.444. The Bertz CT molecular complexity index is 567. The maximum atomic E-state index is 11.5. The second kappa shape index (κ2) is 5.03. The third-order valence-corrected chi connectivity index (χ3v) is 5.24. The van der Waals surface area contributed by atoms with Gasteiger partial charge in [0.1, 0.15) is 11.2 Å². The van der Waals surface area contributed by atoms with E-state index in [1.54, 1.807) is 0 Å².